The number of nitrogens with one attached hydrogen (secondary N) is 1. The number of hydrogen-bond donors (Lipinski definition) is 3. The van der Waals surface area contributed by atoms with Crippen molar-refractivity contribution < 1.29 is 19.8 Å². The van der Waals surface area contributed by atoms with Crippen LogP contribution in [0.25, 0.3) is 0 Å². The lowest BCUT2D eigenvalue weighted by Gasteiger charge is -2.14. The molecule has 1 aromatic rings. The molecule has 3 N–H and O–H groups in total. The fourth-order valence-corrected chi connectivity index (χ4v) is 1.78. The van der Waals surface area contributed by atoms with Crippen molar-refractivity contribution >= 4 is 11.9 Å². The molecule has 0 radical (unpaired) electrons. The van der Waals surface area contributed by atoms with Crippen LogP contribution >= 0.6 is 0 Å². The van der Waals surface area contributed by atoms with Gasteiger partial charge in [-0.2, -0.15) is 0 Å². The highest BCUT2D eigenvalue weighted by Crippen LogP contribution is 2.09. The van der Waals surface area contributed by atoms with Crippen LogP contribution in [-0.4, -0.2) is 28.2 Å². The molecule has 1 atom stereocenters. The average Bonchev–Trinajstić information content (AvgIpc) is 2.42. The van der Waals surface area contributed by atoms with Gasteiger partial charge in [-0.3, -0.25) is 4.79 Å². The van der Waals surface area contributed by atoms with Gasteiger partial charge in [0.05, 0.1) is 0 Å². The number of aliphatic carboxylic acids is 2. The minimum Gasteiger partial charge on any atom is -0.480 e. The van der Waals surface area contributed by atoms with Crippen LogP contribution < -0.4 is 5.32 Å². The molecular formula is C15H19NO4. The third-order valence-corrected chi connectivity index (χ3v) is 2.97. The summed E-state index contributed by atoms with van der Waals surface area (Å²) in [6.45, 7) is 3.89. The van der Waals surface area contributed by atoms with E-state index in [0.29, 0.717) is 25.8 Å². The van der Waals surface area contributed by atoms with E-state index in [-0.39, 0.29) is 5.57 Å². The molecule has 0 spiro atoms. The molecule has 108 valence electrons. The Kier molecular flexibility index (Phi) is 6.46. The molecule has 0 aliphatic carbocycles. The second-order valence-electron chi connectivity index (χ2n) is 4.56. The van der Waals surface area contributed by atoms with Crippen molar-refractivity contribution in [2.45, 2.75) is 31.8 Å². The predicted molar refractivity (Wildman–Crippen MR) is 75.3 cm³/mol. The molecule has 1 rings (SSSR count). The van der Waals surface area contributed by atoms with Crippen molar-refractivity contribution in [1.82, 2.24) is 5.32 Å². The highest BCUT2D eigenvalue weighted by Gasteiger charge is 2.16. The predicted octanol–water partition coefficient (Wildman–Crippen LogP) is 2.04. The van der Waals surface area contributed by atoms with Crippen LogP contribution in [0.15, 0.2) is 42.5 Å². The summed E-state index contributed by atoms with van der Waals surface area (Å²) in [5.41, 5.74) is 1.12. The first-order valence-electron chi connectivity index (χ1n) is 6.42. The van der Waals surface area contributed by atoms with Gasteiger partial charge in [0.1, 0.15) is 6.04 Å². The minimum atomic E-state index is -1.03. The van der Waals surface area contributed by atoms with Crippen molar-refractivity contribution in [3.63, 3.8) is 0 Å². The minimum absolute atomic E-state index is 0.109. The van der Waals surface area contributed by atoms with Crippen molar-refractivity contribution in [2.24, 2.45) is 0 Å². The first kappa shape index (κ1) is 15.9. The third kappa shape index (κ3) is 5.67. The van der Waals surface area contributed by atoms with Gasteiger partial charge in [0.2, 0.25) is 0 Å². The molecule has 0 bridgehead atoms. The smallest absolute Gasteiger partial charge is 0.330 e. The molecule has 0 saturated carbocycles. The van der Waals surface area contributed by atoms with Crippen molar-refractivity contribution in [3.05, 3.63) is 48.0 Å². The van der Waals surface area contributed by atoms with E-state index in [2.05, 4.69) is 11.9 Å². The van der Waals surface area contributed by atoms with Crippen molar-refractivity contribution in [2.75, 3.05) is 0 Å². The second-order valence-corrected chi connectivity index (χ2v) is 4.56. The zero-order chi connectivity index (χ0) is 15.0. The fraction of sp³-hybridized carbons (Fsp3) is 0.333. The maximum Gasteiger partial charge on any atom is 0.330 e. The van der Waals surface area contributed by atoms with E-state index in [4.69, 9.17) is 10.2 Å². The Hall–Kier alpha value is -2.14. The van der Waals surface area contributed by atoms with E-state index in [1.165, 1.54) is 0 Å². The molecule has 1 aromatic carbocycles. The quantitative estimate of drug-likeness (QED) is 0.601. The van der Waals surface area contributed by atoms with E-state index in [9.17, 15) is 9.59 Å². The van der Waals surface area contributed by atoms with Gasteiger partial charge in [-0.05, 0) is 24.8 Å². The van der Waals surface area contributed by atoms with Gasteiger partial charge in [-0.15, -0.1) is 0 Å². The fourth-order valence-electron chi connectivity index (χ4n) is 1.78. The number of hydrogen-bond acceptors (Lipinski definition) is 3. The molecule has 0 aromatic heterocycles. The molecule has 1 unspecified atom stereocenters. The number of carbonyl (C=O) groups is 2. The first-order chi connectivity index (χ1) is 9.50. The van der Waals surface area contributed by atoms with Gasteiger partial charge in [0, 0.05) is 12.1 Å². The Morgan fingerprint density at radius 2 is 1.85 bits per heavy atom. The lowest BCUT2D eigenvalue weighted by Crippen LogP contribution is -2.36. The maximum atomic E-state index is 11.1. The Balaban J connectivity index is 2.39. The second kappa shape index (κ2) is 8.12. The summed E-state index contributed by atoms with van der Waals surface area (Å²) in [4.78, 5) is 21.7. The number of rotatable bonds is 9. The molecule has 0 aliphatic rings. The summed E-state index contributed by atoms with van der Waals surface area (Å²) in [5.74, 6) is -1.96. The standard InChI is InChI=1S/C15H19NO4/c1-11(14(17)18)6-5-9-13(15(19)20)16-10-12-7-3-2-4-8-12/h2-4,7-8,13,16H,1,5-6,9-10H2,(H,17,18)(H,19,20). The highest BCUT2D eigenvalue weighted by atomic mass is 16.4. The lowest BCUT2D eigenvalue weighted by molar-refractivity contribution is -0.139. The Labute approximate surface area is 117 Å². The summed E-state index contributed by atoms with van der Waals surface area (Å²) >= 11 is 0. The van der Waals surface area contributed by atoms with Gasteiger partial charge >= 0.3 is 11.9 Å². The normalized spacial score (nSPS) is 11.8. The SMILES string of the molecule is C=C(CCCC(NCc1ccccc1)C(=O)O)C(=O)O. The highest BCUT2D eigenvalue weighted by molar-refractivity contribution is 5.85. The van der Waals surface area contributed by atoms with Crippen LogP contribution in [0.3, 0.4) is 0 Å². The van der Waals surface area contributed by atoms with E-state index in [1.807, 2.05) is 30.3 Å². The Morgan fingerprint density at radius 1 is 1.20 bits per heavy atom. The molecule has 0 amide bonds. The summed E-state index contributed by atoms with van der Waals surface area (Å²) in [6, 6.07) is 8.83. The van der Waals surface area contributed by atoms with Crippen molar-refractivity contribution in [1.29, 1.82) is 0 Å². The van der Waals surface area contributed by atoms with E-state index >= 15 is 0 Å². The summed E-state index contributed by atoms with van der Waals surface area (Å²) < 4.78 is 0. The van der Waals surface area contributed by atoms with Crippen molar-refractivity contribution in [3.8, 4) is 0 Å². The number of carboxylic acids is 2. The van der Waals surface area contributed by atoms with E-state index in [1.54, 1.807) is 0 Å². The van der Waals surface area contributed by atoms with Crippen LogP contribution in [0, 0.1) is 0 Å². The van der Waals surface area contributed by atoms with Gasteiger partial charge < -0.3 is 15.5 Å². The van der Waals surface area contributed by atoms with Gasteiger partial charge in [0.25, 0.3) is 0 Å². The molecule has 0 fully saturated rings. The monoisotopic (exact) mass is 277 g/mol. The topological polar surface area (TPSA) is 86.6 Å². The third-order valence-electron chi connectivity index (χ3n) is 2.97. The van der Waals surface area contributed by atoms with Crippen LogP contribution in [0.1, 0.15) is 24.8 Å². The molecule has 20 heavy (non-hydrogen) atoms. The average molecular weight is 277 g/mol. The Bertz CT molecular complexity index is 470. The zero-order valence-electron chi connectivity index (χ0n) is 11.2. The summed E-state index contributed by atoms with van der Waals surface area (Å²) in [7, 11) is 0. The van der Waals surface area contributed by atoms with Crippen LogP contribution in [-0.2, 0) is 16.1 Å². The Morgan fingerprint density at radius 3 is 2.40 bits per heavy atom. The van der Waals surface area contributed by atoms with E-state index in [0.717, 1.165) is 5.56 Å². The zero-order valence-corrected chi connectivity index (χ0v) is 11.2. The van der Waals surface area contributed by atoms with Crippen LogP contribution in [0.4, 0.5) is 0 Å². The molecular weight excluding hydrogens is 258 g/mol. The molecule has 5 heteroatoms. The van der Waals surface area contributed by atoms with Gasteiger partial charge in [-0.25, -0.2) is 4.79 Å². The summed E-state index contributed by atoms with van der Waals surface area (Å²) in [6.07, 6.45) is 1.14. The number of carboxylic acid groups (broad SMARTS) is 2. The lowest BCUT2D eigenvalue weighted by atomic mass is 10.1. The maximum absolute atomic E-state index is 11.1. The molecule has 0 saturated heterocycles. The summed E-state index contributed by atoms with van der Waals surface area (Å²) in [5, 5.41) is 20.8. The van der Waals surface area contributed by atoms with Gasteiger partial charge in [-0.1, -0.05) is 36.9 Å². The number of benzene rings is 1. The molecule has 5 nitrogen and oxygen atoms in total. The molecule has 0 aliphatic heterocycles. The van der Waals surface area contributed by atoms with Crippen LogP contribution in [0.5, 0.6) is 0 Å². The van der Waals surface area contributed by atoms with Gasteiger partial charge in [0.15, 0.2) is 0 Å². The largest absolute Gasteiger partial charge is 0.480 e. The van der Waals surface area contributed by atoms with E-state index < -0.39 is 18.0 Å². The first-order valence-corrected chi connectivity index (χ1v) is 6.42. The van der Waals surface area contributed by atoms with Crippen LogP contribution in [0.2, 0.25) is 0 Å². The molecule has 0 heterocycles.